The minimum atomic E-state index is 0.521. The lowest BCUT2D eigenvalue weighted by Crippen LogP contribution is -2.66. The molecule has 1 N–H and O–H groups in total. The van der Waals surface area contributed by atoms with Crippen molar-refractivity contribution in [2.24, 2.45) is 0 Å². The molecular weight excluding hydrogens is 248 g/mol. The van der Waals surface area contributed by atoms with Gasteiger partial charge in [-0.15, -0.1) is 0 Å². The van der Waals surface area contributed by atoms with Gasteiger partial charge in [0.25, 0.3) is 0 Å². The van der Waals surface area contributed by atoms with E-state index < -0.39 is 0 Å². The molecule has 0 radical (unpaired) electrons. The predicted molar refractivity (Wildman–Crippen MR) is 81.8 cm³/mol. The number of piperazine rings is 3. The van der Waals surface area contributed by atoms with E-state index in [0.717, 1.165) is 13.0 Å². The van der Waals surface area contributed by atoms with Gasteiger partial charge in [-0.2, -0.15) is 0 Å². The van der Waals surface area contributed by atoms with Crippen molar-refractivity contribution in [1.82, 2.24) is 20.1 Å². The lowest BCUT2D eigenvalue weighted by Gasteiger charge is -2.50. The molecule has 4 rings (SSSR count). The van der Waals surface area contributed by atoms with Gasteiger partial charge in [0.15, 0.2) is 0 Å². The van der Waals surface area contributed by atoms with Crippen molar-refractivity contribution in [2.45, 2.75) is 31.8 Å². The van der Waals surface area contributed by atoms with Gasteiger partial charge < -0.3 is 5.32 Å². The summed E-state index contributed by atoms with van der Waals surface area (Å²) < 4.78 is 0. The van der Waals surface area contributed by atoms with Crippen LogP contribution in [0.1, 0.15) is 19.0 Å². The molecular formula is C16H26N4. The molecule has 2 unspecified atom stereocenters. The summed E-state index contributed by atoms with van der Waals surface area (Å²) in [6.45, 7) is 9.52. The Labute approximate surface area is 122 Å². The van der Waals surface area contributed by atoms with Gasteiger partial charge in [-0.05, 0) is 25.1 Å². The van der Waals surface area contributed by atoms with Gasteiger partial charge >= 0.3 is 0 Å². The molecule has 0 saturated carbocycles. The third-order valence-corrected chi connectivity index (χ3v) is 4.60. The topological polar surface area (TPSA) is 31.4 Å². The molecule has 3 aliphatic rings. The van der Waals surface area contributed by atoms with E-state index in [9.17, 15) is 0 Å². The van der Waals surface area contributed by atoms with E-state index in [4.69, 9.17) is 0 Å². The summed E-state index contributed by atoms with van der Waals surface area (Å²) >= 11 is 0. The maximum Gasteiger partial charge on any atom is 0.0419 e. The summed E-state index contributed by atoms with van der Waals surface area (Å²) in [4.78, 5) is 9.80. The first-order valence-electron chi connectivity index (χ1n) is 7.96. The zero-order valence-electron chi connectivity index (χ0n) is 12.5. The SMILES string of the molecule is CCCNC(Cc1ccccn1)C1CN2CCN1CC2. The van der Waals surface area contributed by atoms with Crippen LogP contribution in [0, 0.1) is 0 Å². The van der Waals surface area contributed by atoms with Crippen LogP contribution in [0.4, 0.5) is 0 Å². The van der Waals surface area contributed by atoms with E-state index in [2.05, 4.69) is 39.2 Å². The summed E-state index contributed by atoms with van der Waals surface area (Å²) in [6, 6.07) is 7.40. The molecule has 2 bridgehead atoms. The maximum atomic E-state index is 4.51. The number of rotatable bonds is 6. The van der Waals surface area contributed by atoms with Gasteiger partial charge in [0.1, 0.15) is 0 Å². The van der Waals surface area contributed by atoms with E-state index in [1.54, 1.807) is 0 Å². The molecule has 0 aromatic carbocycles. The van der Waals surface area contributed by atoms with E-state index in [0.29, 0.717) is 12.1 Å². The van der Waals surface area contributed by atoms with E-state index in [1.165, 1.54) is 44.8 Å². The highest BCUT2D eigenvalue weighted by Crippen LogP contribution is 2.20. The summed E-state index contributed by atoms with van der Waals surface area (Å²) in [7, 11) is 0. The van der Waals surface area contributed by atoms with E-state index in [-0.39, 0.29) is 0 Å². The quantitative estimate of drug-likeness (QED) is 0.838. The summed E-state index contributed by atoms with van der Waals surface area (Å²) in [5, 5.41) is 3.76. The number of nitrogens with zero attached hydrogens (tertiary/aromatic N) is 3. The average Bonchev–Trinajstić information content (AvgIpc) is 2.53. The van der Waals surface area contributed by atoms with Gasteiger partial charge in [-0.25, -0.2) is 0 Å². The molecule has 4 heteroatoms. The standard InChI is InChI=1S/C16H26N4/c1-2-6-18-15(12-14-5-3-4-7-17-14)16-13-19-8-10-20(16)11-9-19/h3-5,7,15-16,18H,2,6,8-13H2,1H3. The van der Waals surface area contributed by atoms with E-state index in [1.807, 2.05) is 12.3 Å². The van der Waals surface area contributed by atoms with Gasteiger partial charge in [0.2, 0.25) is 0 Å². The Morgan fingerprint density at radius 3 is 2.75 bits per heavy atom. The van der Waals surface area contributed by atoms with Crippen molar-refractivity contribution in [3.8, 4) is 0 Å². The number of hydrogen-bond acceptors (Lipinski definition) is 4. The minimum Gasteiger partial charge on any atom is -0.312 e. The second-order valence-corrected chi connectivity index (χ2v) is 5.99. The van der Waals surface area contributed by atoms with Crippen LogP contribution in [0.25, 0.3) is 0 Å². The smallest absolute Gasteiger partial charge is 0.0419 e. The van der Waals surface area contributed by atoms with Crippen LogP contribution in [-0.4, -0.2) is 66.1 Å². The Bertz CT molecular complexity index is 400. The fourth-order valence-electron chi connectivity index (χ4n) is 3.46. The van der Waals surface area contributed by atoms with E-state index >= 15 is 0 Å². The Balaban J connectivity index is 1.69. The summed E-state index contributed by atoms with van der Waals surface area (Å²) in [5.74, 6) is 0. The lowest BCUT2D eigenvalue weighted by molar-refractivity contribution is -0.00322. The minimum absolute atomic E-state index is 0.521. The molecule has 0 spiro atoms. The number of hydrogen-bond donors (Lipinski definition) is 1. The molecule has 3 fully saturated rings. The summed E-state index contributed by atoms with van der Waals surface area (Å²) in [5.41, 5.74) is 1.21. The zero-order chi connectivity index (χ0) is 13.8. The second-order valence-electron chi connectivity index (χ2n) is 5.99. The predicted octanol–water partition coefficient (Wildman–Crippen LogP) is 0.992. The van der Waals surface area contributed by atoms with Crippen LogP contribution in [0.3, 0.4) is 0 Å². The van der Waals surface area contributed by atoms with Gasteiger partial charge in [-0.1, -0.05) is 13.0 Å². The van der Waals surface area contributed by atoms with Crippen molar-refractivity contribution in [1.29, 1.82) is 0 Å². The molecule has 4 heterocycles. The number of aromatic nitrogens is 1. The van der Waals surface area contributed by atoms with Crippen molar-refractivity contribution in [3.63, 3.8) is 0 Å². The first kappa shape index (κ1) is 14.0. The molecule has 3 saturated heterocycles. The van der Waals surface area contributed by atoms with Gasteiger partial charge in [0, 0.05) is 63.1 Å². The van der Waals surface area contributed by atoms with Crippen molar-refractivity contribution >= 4 is 0 Å². The molecule has 1 aromatic heterocycles. The zero-order valence-corrected chi connectivity index (χ0v) is 12.5. The van der Waals surface area contributed by atoms with Crippen LogP contribution in [0.5, 0.6) is 0 Å². The highest BCUT2D eigenvalue weighted by molar-refractivity contribution is 5.08. The van der Waals surface area contributed by atoms with Crippen molar-refractivity contribution < 1.29 is 0 Å². The molecule has 2 atom stereocenters. The number of pyridine rings is 1. The molecule has 0 aliphatic carbocycles. The monoisotopic (exact) mass is 274 g/mol. The fourth-order valence-corrected chi connectivity index (χ4v) is 3.46. The third kappa shape index (κ3) is 3.19. The largest absolute Gasteiger partial charge is 0.312 e. The lowest BCUT2D eigenvalue weighted by atomic mass is 9.96. The first-order chi connectivity index (χ1) is 9.86. The average molecular weight is 274 g/mol. The second kappa shape index (κ2) is 6.66. The molecule has 1 aromatic rings. The third-order valence-electron chi connectivity index (χ3n) is 4.60. The first-order valence-corrected chi connectivity index (χ1v) is 7.96. The Morgan fingerprint density at radius 1 is 1.30 bits per heavy atom. The molecule has 4 nitrogen and oxygen atoms in total. The Kier molecular flexibility index (Phi) is 4.65. The number of fused-ring (bicyclic) bond motifs is 3. The van der Waals surface area contributed by atoms with Crippen molar-refractivity contribution in [2.75, 3.05) is 39.3 Å². The van der Waals surface area contributed by atoms with Crippen LogP contribution >= 0.6 is 0 Å². The number of nitrogens with one attached hydrogen (secondary N) is 1. The van der Waals surface area contributed by atoms with Crippen molar-refractivity contribution in [3.05, 3.63) is 30.1 Å². The normalized spacial score (nSPS) is 30.4. The highest BCUT2D eigenvalue weighted by Gasteiger charge is 2.36. The van der Waals surface area contributed by atoms with Gasteiger partial charge in [-0.3, -0.25) is 14.8 Å². The van der Waals surface area contributed by atoms with Crippen LogP contribution in [0.15, 0.2) is 24.4 Å². The molecule has 110 valence electrons. The molecule has 3 aliphatic heterocycles. The highest BCUT2D eigenvalue weighted by atomic mass is 15.4. The Hall–Kier alpha value is -0.970. The van der Waals surface area contributed by atoms with Crippen LogP contribution in [0.2, 0.25) is 0 Å². The molecule has 20 heavy (non-hydrogen) atoms. The Morgan fingerprint density at radius 2 is 2.15 bits per heavy atom. The van der Waals surface area contributed by atoms with Crippen LogP contribution < -0.4 is 5.32 Å². The summed E-state index contributed by atoms with van der Waals surface area (Å²) in [6.07, 6.45) is 4.13. The fraction of sp³-hybridized carbons (Fsp3) is 0.688. The van der Waals surface area contributed by atoms with Gasteiger partial charge in [0.05, 0.1) is 0 Å². The maximum absolute atomic E-state index is 4.51. The van der Waals surface area contributed by atoms with Crippen LogP contribution in [-0.2, 0) is 6.42 Å². The molecule has 0 amide bonds.